The molecule has 0 aromatic carbocycles. The number of ether oxygens (including phenoxy) is 2. The highest BCUT2D eigenvalue weighted by Gasteiger charge is 2.32. The molecule has 1 atom stereocenters. The van der Waals surface area contributed by atoms with Crippen LogP contribution in [-0.2, 0) is 16.5 Å². The largest absolute Gasteiger partial charge is 0.349 e. The molecular formula is C13H21N3O3. The first-order chi connectivity index (χ1) is 9.00. The molecule has 1 aliphatic rings. The molecule has 2 heterocycles. The molecule has 1 unspecified atom stereocenters. The van der Waals surface area contributed by atoms with Crippen LogP contribution in [0, 0.1) is 5.92 Å². The summed E-state index contributed by atoms with van der Waals surface area (Å²) in [5.74, 6) is 0.0322. The first kappa shape index (κ1) is 14.0. The van der Waals surface area contributed by atoms with Gasteiger partial charge in [-0.2, -0.15) is 0 Å². The van der Waals surface area contributed by atoms with Crippen LogP contribution >= 0.6 is 0 Å². The first-order valence-electron chi connectivity index (χ1n) is 6.53. The van der Waals surface area contributed by atoms with E-state index in [-0.39, 0.29) is 11.8 Å². The van der Waals surface area contributed by atoms with Gasteiger partial charge >= 0.3 is 0 Å². The lowest BCUT2D eigenvalue weighted by atomic mass is 10.0. The summed E-state index contributed by atoms with van der Waals surface area (Å²) in [4.78, 5) is 15.9. The minimum atomic E-state index is -0.507. The van der Waals surface area contributed by atoms with Crippen LogP contribution in [0.4, 0.5) is 0 Å². The number of aromatic nitrogens is 2. The van der Waals surface area contributed by atoms with Gasteiger partial charge in [-0.25, -0.2) is 4.98 Å². The van der Waals surface area contributed by atoms with Crippen LogP contribution in [0.5, 0.6) is 0 Å². The maximum absolute atomic E-state index is 11.9. The number of hydrogen-bond acceptors (Lipinski definition) is 4. The third-order valence-electron chi connectivity index (χ3n) is 3.25. The Morgan fingerprint density at radius 2 is 2.26 bits per heavy atom. The van der Waals surface area contributed by atoms with Crippen molar-refractivity contribution in [2.75, 3.05) is 19.8 Å². The second-order valence-corrected chi connectivity index (χ2v) is 5.21. The Bertz CT molecular complexity index is 438. The summed E-state index contributed by atoms with van der Waals surface area (Å²) in [7, 11) is 1.80. The lowest BCUT2D eigenvalue weighted by molar-refractivity contribution is -0.153. The average molecular weight is 267 g/mol. The summed E-state index contributed by atoms with van der Waals surface area (Å²) in [6, 6.07) is 0. The number of hydrogen-bond donors (Lipinski definition) is 1. The molecule has 2 rings (SSSR count). The number of rotatable bonds is 5. The van der Waals surface area contributed by atoms with Gasteiger partial charge in [0.05, 0.1) is 13.2 Å². The van der Waals surface area contributed by atoms with Gasteiger partial charge < -0.3 is 19.4 Å². The van der Waals surface area contributed by atoms with Crippen LogP contribution in [0.1, 0.15) is 30.9 Å². The van der Waals surface area contributed by atoms with Crippen molar-refractivity contribution in [1.29, 1.82) is 0 Å². The predicted molar refractivity (Wildman–Crippen MR) is 69.6 cm³/mol. The lowest BCUT2D eigenvalue weighted by Crippen LogP contribution is -2.35. The third kappa shape index (κ3) is 3.54. The highest BCUT2D eigenvalue weighted by Crippen LogP contribution is 2.26. The van der Waals surface area contributed by atoms with Crippen molar-refractivity contribution >= 4 is 5.91 Å². The van der Waals surface area contributed by atoms with E-state index in [2.05, 4.69) is 17.2 Å². The Morgan fingerprint density at radius 3 is 2.84 bits per heavy atom. The lowest BCUT2D eigenvalue weighted by Gasteiger charge is -2.25. The molecule has 1 aromatic heterocycles. The Labute approximate surface area is 113 Å². The SMILES string of the molecule is CC(CNC(=O)c1nccn1C)CC1(C)OCCO1. The molecule has 19 heavy (non-hydrogen) atoms. The standard InChI is InChI=1S/C13H21N3O3/c1-10(8-13(2)18-6-7-19-13)9-15-12(17)11-14-4-5-16(11)3/h4-5,10H,6-9H2,1-3H3,(H,15,17). The summed E-state index contributed by atoms with van der Waals surface area (Å²) >= 11 is 0. The van der Waals surface area contributed by atoms with Crippen molar-refractivity contribution < 1.29 is 14.3 Å². The summed E-state index contributed by atoms with van der Waals surface area (Å²) in [5, 5.41) is 2.88. The second-order valence-electron chi connectivity index (χ2n) is 5.21. The van der Waals surface area contributed by atoms with Crippen LogP contribution < -0.4 is 5.32 Å². The van der Waals surface area contributed by atoms with Crippen molar-refractivity contribution in [2.45, 2.75) is 26.1 Å². The highest BCUT2D eigenvalue weighted by molar-refractivity contribution is 5.90. The zero-order valence-corrected chi connectivity index (χ0v) is 11.7. The van der Waals surface area contributed by atoms with Gasteiger partial charge in [0.1, 0.15) is 0 Å². The van der Waals surface area contributed by atoms with Crippen molar-refractivity contribution in [1.82, 2.24) is 14.9 Å². The fourth-order valence-electron chi connectivity index (χ4n) is 2.31. The van der Waals surface area contributed by atoms with E-state index in [1.807, 2.05) is 6.92 Å². The molecule has 0 radical (unpaired) electrons. The third-order valence-corrected chi connectivity index (χ3v) is 3.25. The first-order valence-corrected chi connectivity index (χ1v) is 6.53. The van der Waals surface area contributed by atoms with Gasteiger partial charge in [-0.3, -0.25) is 4.79 Å². The summed E-state index contributed by atoms with van der Waals surface area (Å²) in [6.45, 7) is 5.87. The average Bonchev–Trinajstić information content (AvgIpc) is 2.95. The van der Waals surface area contributed by atoms with Crippen molar-refractivity contribution in [2.24, 2.45) is 13.0 Å². The molecule has 1 N–H and O–H groups in total. The van der Waals surface area contributed by atoms with Crippen LogP contribution in [-0.4, -0.2) is 41.0 Å². The van der Waals surface area contributed by atoms with Crippen LogP contribution in [0.2, 0.25) is 0 Å². The van der Waals surface area contributed by atoms with Gasteiger partial charge in [-0.15, -0.1) is 0 Å². The topological polar surface area (TPSA) is 65.4 Å². The van der Waals surface area contributed by atoms with Gasteiger partial charge in [0, 0.05) is 32.4 Å². The molecule has 0 spiro atoms. The van der Waals surface area contributed by atoms with Crippen LogP contribution in [0.25, 0.3) is 0 Å². The molecule has 6 heteroatoms. The Morgan fingerprint density at radius 1 is 1.58 bits per heavy atom. The normalized spacial score (nSPS) is 19.3. The predicted octanol–water partition coefficient (Wildman–Crippen LogP) is 0.939. The zero-order valence-electron chi connectivity index (χ0n) is 11.7. The molecule has 1 aromatic rings. The van der Waals surface area contributed by atoms with Gasteiger partial charge in [-0.05, 0) is 12.8 Å². The molecular weight excluding hydrogens is 246 g/mol. The molecule has 0 bridgehead atoms. The Kier molecular flexibility index (Phi) is 4.21. The van der Waals surface area contributed by atoms with Gasteiger partial charge in [0.25, 0.3) is 5.91 Å². The zero-order chi connectivity index (χ0) is 13.9. The monoisotopic (exact) mass is 267 g/mol. The van der Waals surface area contributed by atoms with Gasteiger partial charge in [0.15, 0.2) is 11.6 Å². The number of aryl methyl sites for hydroxylation is 1. The molecule has 106 valence electrons. The molecule has 0 saturated carbocycles. The maximum Gasteiger partial charge on any atom is 0.287 e. The summed E-state index contributed by atoms with van der Waals surface area (Å²) < 4.78 is 12.8. The van der Waals surface area contributed by atoms with E-state index >= 15 is 0 Å². The minimum Gasteiger partial charge on any atom is -0.349 e. The Balaban J connectivity index is 1.79. The number of carbonyl (C=O) groups is 1. The highest BCUT2D eigenvalue weighted by atomic mass is 16.7. The van der Waals surface area contributed by atoms with E-state index in [1.54, 1.807) is 24.0 Å². The smallest absolute Gasteiger partial charge is 0.287 e. The summed E-state index contributed by atoms with van der Waals surface area (Å²) in [6.07, 6.45) is 4.12. The summed E-state index contributed by atoms with van der Waals surface area (Å²) in [5.41, 5.74) is 0. The molecule has 1 saturated heterocycles. The van der Waals surface area contributed by atoms with E-state index in [9.17, 15) is 4.79 Å². The minimum absolute atomic E-state index is 0.155. The molecule has 6 nitrogen and oxygen atoms in total. The van der Waals surface area contributed by atoms with Crippen molar-refractivity contribution in [3.8, 4) is 0 Å². The Hall–Kier alpha value is -1.40. The molecule has 1 amide bonds. The van der Waals surface area contributed by atoms with Crippen molar-refractivity contribution in [3.05, 3.63) is 18.2 Å². The van der Waals surface area contributed by atoms with Crippen molar-refractivity contribution in [3.63, 3.8) is 0 Å². The van der Waals surface area contributed by atoms with Crippen LogP contribution in [0.15, 0.2) is 12.4 Å². The van der Waals surface area contributed by atoms with Gasteiger partial charge in [0.2, 0.25) is 0 Å². The number of amides is 1. The van der Waals surface area contributed by atoms with E-state index in [1.165, 1.54) is 0 Å². The number of imidazole rings is 1. The molecule has 0 aliphatic carbocycles. The van der Waals surface area contributed by atoms with E-state index in [0.717, 1.165) is 6.42 Å². The number of nitrogens with one attached hydrogen (secondary N) is 1. The number of carbonyl (C=O) groups excluding carboxylic acids is 1. The second kappa shape index (κ2) is 5.71. The fraction of sp³-hybridized carbons (Fsp3) is 0.692. The molecule has 1 aliphatic heterocycles. The quantitative estimate of drug-likeness (QED) is 0.862. The maximum atomic E-state index is 11.9. The van der Waals surface area contributed by atoms with E-state index < -0.39 is 5.79 Å². The number of nitrogens with zero attached hydrogens (tertiary/aromatic N) is 2. The van der Waals surface area contributed by atoms with E-state index in [4.69, 9.17) is 9.47 Å². The van der Waals surface area contributed by atoms with Gasteiger partial charge in [-0.1, -0.05) is 6.92 Å². The van der Waals surface area contributed by atoms with E-state index in [0.29, 0.717) is 25.6 Å². The fourth-order valence-corrected chi connectivity index (χ4v) is 2.31. The molecule has 1 fully saturated rings. The van der Waals surface area contributed by atoms with Crippen LogP contribution in [0.3, 0.4) is 0 Å².